The molecule has 0 saturated carbocycles. The maximum absolute atomic E-state index is 17.0. The van der Waals surface area contributed by atoms with Crippen LogP contribution >= 0.6 is 0 Å². The van der Waals surface area contributed by atoms with E-state index in [1.807, 2.05) is 42.5 Å². The summed E-state index contributed by atoms with van der Waals surface area (Å²) in [6, 6.07) is 21.9. The van der Waals surface area contributed by atoms with Gasteiger partial charge in [0.2, 0.25) is 5.88 Å². The lowest BCUT2D eigenvalue weighted by Crippen LogP contribution is -2.43. The molecular weight excluding hydrogens is 675 g/mol. The van der Waals surface area contributed by atoms with E-state index in [-0.39, 0.29) is 47.5 Å². The number of aryl methyl sites for hydroxylation is 1. The molecule has 0 radical (unpaired) electrons. The predicted molar refractivity (Wildman–Crippen MR) is 206 cm³/mol. The molecule has 2 fully saturated rings. The second-order valence-corrected chi connectivity index (χ2v) is 20.9. The van der Waals surface area contributed by atoms with Gasteiger partial charge < -0.3 is 13.9 Å². The van der Waals surface area contributed by atoms with E-state index in [2.05, 4.69) is 79.9 Å². The van der Waals surface area contributed by atoms with Crippen molar-refractivity contribution < 1.29 is 22.7 Å². The Labute approximate surface area is 306 Å². The van der Waals surface area contributed by atoms with E-state index in [1.54, 1.807) is 6.20 Å². The van der Waals surface area contributed by atoms with Gasteiger partial charge in [0.1, 0.15) is 30.6 Å². The summed E-state index contributed by atoms with van der Waals surface area (Å²) in [6.07, 6.45) is 4.63. The number of benzene rings is 3. The molecule has 3 atom stereocenters. The largest absolute Gasteiger partial charge is 0.472 e. The van der Waals surface area contributed by atoms with E-state index in [0.29, 0.717) is 23.9 Å². The Morgan fingerprint density at radius 1 is 1.00 bits per heavy atom. The molecule has 0 unspecified atom stereocenters. The number of hydrogen-bond acceptors (Lipinski definition) is 7. The van der Waals surface area contributed by atoms with Crippen molar-refractivity contribution in [1.29, 1.82) is 0 Å². The van der Waals surface area contributed by atoms with E-state index >= 15 is 4.39 Å². The van der Waals surface area contributed by atoms with E-state index in [1.165, 1.54) is 0 Å². The van der Waals surface area contributed by atoms with Crippen molar-refractivity contribution in [2.75, 3.05) is 19.7 Å². The Balaban J connectivity index is 1.24. The molecule has 2 aliphatic heterocycles. The van der Waals surface area contributed by atoms with Crippen LogP contribution in [0.1, 0.15) is 64.5 Å². The molecule has 52 heavy (non-hydrogen) atoms. The van der Waals surface area contributed by atoms with Crippen molar-refractivity contribution in [3.63, 3.8) is 0 Å². The molecular formula is C42H50F2N4O3Si. The molecule has 4 heterocycles. The lowest BCUT2D eigenvalue weighted by Gasteiger charge is -2.38. The number of alkyl halides is 1. The van der Waals surface area contributed by atoms with Gasteiger partial charge in [-0.1, -0.05) is 87.5 Å². The standard InChI is InChI=1S/C42H50F2N4O3Si/c1-28(51-52(5,6)41(2,3)4)19-20-31-16-10-15-30-17-11-18-33(35(30)31)37-36(44)38-34(24-45-37)39(49-26-29-13-8-7-9-14-29)47-40(46-38)50-27-42-21-12-22-48(42)25-32(43)23-42/h7-11,13-18,24,28,32H,12,19-23,25-27H2,1-6H3/t28-,32-,42+/m1/s1. The number of halogens is 2. The molecule has 2 saturated heterocycles. The molecule has 2 aromatic heterocycles. The fourth-order valence-corrected chi connectivity index (χ4v) is 9.15. The van der Waals surface area contributed by atoms with Crippen LogP contribution in [-0.4, -0.2) is 65.7 Å². The van der Waals surface area contributed by atoms with Crippen molar-refractivity contribution >= 4 is 30.0 Å². The van der Waals surface area contributed by atoms with Crippen LogP contribution in [0.5, 0.6) is 11.9 Å². The molecule has 0 N–H and O–H groups in total. The fourth-order valence-electron chi connectivity index (χ4n) is 7.67. The first-order valence-electron chi connectivity index (χ1n) is 18.6. The number of fused-ring (bicyclic) bond motifs is 3. The third-order valence-corrected chi connectivity index (χ3v) is 16.1. The van der Waals surface area contributed by atoms with Crippen LogP contribution in [0.2, 0.25) is 18.1 Å². The van der Waals surface area contributed by atoms with E-state index in [4.69, 9.17) is 18.9 Å². The monoisotopic (exact) mass is 724 g/mol. The van der Waals surface area contributed by atoms with Crippen LogP contribution in [0.25, 0.3) is 32.9 Å². The first-order chi connectivity index (χ1) is 24.8. The van der Waals surface area contributed by atoms with Gasteiger partial charge in [0.05, 0.1) is 10.9 Å². The summed E-state index contributed by atoms with van der Waals surface area (Å²) in [5.41, 5.74) is 2.61. The molecule has 0 spiro atoms. The first-order valence-corrected chi connectivity index (χ1v) is 21.5. The summed E-state index contributed by atoms with van der Waals surface area (Å²) < 4.78 is 50.7. The molecule has 10 heteroatoms. The lowest BCUT2D eigenvalue weighted by molar-refractivity contribution is 0.106. The zero-order valence-corrected chi connectivity index (χ0v) is 32.2. The Kier molecular flexibility index (Phi) is 10.1. The van der Waals surface area contributed by atoms with Crippen LogP contribution in [0.3, 0.4) is 0 Å². The molecule has 0 bridgehead atoms. The number of ether oxygens (including phenoxy) is 2. The van der Waals surface area contributed by atoms with Gasteiger partial charge in [-0.15, -0.1) is 0 Å². The highest BCUT2D eigenvalue weighted by molar-refractivity contribution is 6.74. The van der Waals surface area contributed by atoms with E-state index in [9.17, 15) is 4.39 Å². The molecule has 0 aliphatic carbocycles. The number of pyridine rings is 1. The average molecular weight is 725 g/mol. The van der Waals surface area contributed by atoms with E-state index < -0.39 is 25.8 Å². The molecule has 2 aliphatic rings. The quantitative estimate of drug-likeness (QED) is 0.119. The highest BCUT2D eigenvalue weighted by Gasteiger charge is 2.49. The maximum atomic E-state index is 17.0. The van der Waals surface area contributed by atoms with Crippen LogP contribution in [0.15, 0.2) is 72.9 Å². The smallest absolute Gasteiger partial charge is 0.320 e. The number of rotatable bonds is 12. The molecule has 0 amide bonds. The highest BCUT2D eigenvalue weighted by Crippen LogP contribution is 2.42. The van der Waals surface area contributed by atoms with Crippen molar-refractivity contribution in [1.82, 2.24) is 19.9 Å². The van der Waals surface area contributed by atoms with Crippen LogP contribution < -0.4 is 9.47 Å². The molecule has 3 aromatic carbocycles. The minimum absolute atomic E-state index is 0.00414. The first kappa shape index (κ1) is 36.4. The highest BCUT2D eigenvalue weighted by atomic mass is 28.4. The van der Waals surface area contributed by atoms with Crippen molar-refractivity contribution in [2.45, 2.75) is 102 Å². The summed E-state index contributed by atoms with van der Waals surface area (Å²) in [5.74, 6) is -0.386. The Hall–Kier alpha value is -3.99. The van der Waals surface area contributed by atoms with Gasteiger partial charge in [-0.25, -0.2) is 8.78 Å². The minimum atomic E-state index is -1.93. The van der Waals surface area contributed by atoms with Crippen LogP contribution in [-0.2, 0) is 17.5 Å². The molecule has 5 aromatic rings. The number of nitrogens with zero attached hydrogens (tertiary/aromatic N) is 4. The average Bonchev–Trinajstić information content (AvgIpc) is 3.64. The summed E-state index contributed by atoms with van der Waals surface area (Å²) in [4.78, 5) is 16.1. The normalized spacial score (nSPS) is 20.0. The van der Waals surface area contributed by atoms with Gasteiger partial charge >= 0.3 is 6.01 Å². The number of aromatic nitrogens is 3. The SMILES string of the molecule is C[C@H](CCc1cccc2cccc(-c3ncc4c(OCc5ccccc5)nc(OC[C@@]56CCCN5C[C@H](F)C6)nc4c3F)c12)O[Si](C)(C)C(C)(C)C. The van der Waals surface area contributed by atoms with Gasteiger partial charge in [-0.05, 0) is 79.2 Å². The topological polar surface area (TPSA) is 69.6 Å². The summed E-state index contributed by atoms with van der Waals surface area (Å²) in [5, 5.41) is 2.45. The van der Waals surface area contributed by atoms with Gasteiger partial charge in [-0.2, -0.15) is 9.97 Å². The number of hydrogen-bond donors (Lipinski definition) is 0. The fraction of sp³-hybridized carbons (Fsp3) is 0.452. The van der Waals surface area contributed by atoms with Gasteiger partial charge in [-0.3, -0.25) is 9.88 Å². The lowest BCUT2D eigenvalue weighted by atomic mass is 9.94. The van der Waals surface area contributed by atoms with Crippen molar-refractivity contribution in [3.8, 4) is 23.1 Å². The predicted octanol–water partition coefficient (Wildman–Crippen LogP) is 9.86. The Bertz CT molecular complexity index is 2050. The summed E-state index contributed by atoms with van der Waals surface area (Å²) >= 11 is 0. The van der Waals surface area contributed by atoms with Crippen LogP contribution in [0.4, 0.5) is 8.78 Å². The van der Waals surface area contributed by atoms with Gasteiger partial charge in [0.25, 0.3) is 0 Å². The Morgan fingerprint density at radius 2 is 1.77 bits per heavy atom. The molecule has 274 valence electrons. The van der Waals surface area contributed by atoms with Crippen LogP contribution in [0, 0.1) is 5.82 Å². The second-order valence-electron chi connectivity index (χ2n) is 16.2. The Morgan fingerprint density at radius 3 is 2.54 bits per heavy atom. The van der Waals surface area contributed by atoms with E-state index in [0.717, 1.165) is 54.1 Å². The van der Waals surface area contributed by atoms with Gasteiger partial charge in [0.15, 0.2) is 14.1 Å². The van der Waals surface area contributed by atoms with Crippen molar-refractivity contribution in [2.24, 2.45) is 0 Å². The maximum Gasteiger partial charge on any atom is 0.320 e. The summed E-state index contributed by atoms with van der Waals surface area (Å²) in [6.45, 7) is 15.2. The second kappa shape index (κ2) is 14.4. The van der Waals surface area contributed by atoms with Gasteiger partial charge in [0, 0.05) is 30.8 Å². The molecule has 7 rings (SSSR count). The third kappa shape index (κ3) is 7.30. The molecule has 7 nitrogen and oxygen atoms in total. The summed E-state index contributed by atoms with van der Waals surface area (Å²) in [7, 11) is -1.93. The van der Waals surface area contributed by atoms with Crippen molar-refractivity contribution in [3.05, 3.63) is 89.9 Å². The zero-order valence-electron chi connectivity index (χ0n) is 31.2. The third-order valence-electron chi connectivity index (χ3n) is 11.4. The minimum Gasteiger partial charge on any atom is -0.472 e. The zero-order chi connectivity index (χ0) is 36.7.